The molecule has 0 radical (unpaired) electrons. The number of esters is 1. The van der Waals surface area contributed by atoms with Gasteiger partial charge in [-0.1, -0.05) is 12.5 Å². The number of ether oxygens (including phenoxy) is 1. The second kappa shape index (κ2) is 12.7. The predicted octanol–water partition coefficient (Wildman–Crippen LogP) is 4.46. The van der Waals surface area contributed by atoms with Crippen LogP contribution in [0.25, 0.3) is 33.4 Å². The quantitative estimate of drug-likeness (QED) is 0.128. The zero-order valence-electron chi connectivity index (χ0n) is 24.1. The summed E-state index contributed by atoms with van der Waals surface area (Å²) in [6, 6.07) is 16.5. The van der Waals surface area contributed by atoms with Gasteiger partial charge < -0.3 is 24.5 Å². The number of carbonyl (C=O) groups excluding carboxylic acids is 2. The van der Waals surface area contributed by atoms with E-state index in [-0.39, 0.29) is 23.0 Å². The summed E-state index contributed by atoms with van der Waals surface area (Å²) in [6.07, 6.45) is 2.48. The van der Waals surface area contributed by atoms with E-state index in [1.54, 1.807) is 12.1 Å². The molecule has 2 aromatic rings. The van der Waals surface area contributed by atoms with Crippen molar-refractivity contribution in [2.24, 2.45) is 0 Å². The van der Waals surface area contributed by atoms with E-state index in [2.05, 4.69) is 10.1 Å². The average molecular weight is 559 g/mol. The molecule has 4 rings (SSSR count). The number of anilines is 1. The second-order valence-electron chi connectivity index (χ2n) is 10.3. The molecular weight excluding hydrogens is 522 g/mol. The Hall–Kier alpha value is -4.66. The smallest absolute Gasteiger partial charge is 0.336 e. The van der Waals surface area contributed by atoms with E-state index in [1.165, 1.54) is 13.2 Å². The molecule has 0 spiro atoms. The third kappa shape index (κ3) is 6.57. The number of fused-ring (bicyclic) bond motifs is 2. The number of unbranched alkanes of at least 4 members (excludes halogenated alkanes) is 2. The van der Waals surface area contributed by atoms with Crippen molar-refractivity contribution >= 4 is 34.5 Å². The molecule has 2 aromatic carbocycles. The summed E-state index contributed by atoms with van der Waals surface area (Å²) >= 11 is 0. The fourth-order valence-electron chi connectivity index (χ4n) is 4.77. The normalized spacial score (nSPS) is 11.0. The highest BCUT2D eigenvalue weighted by atomic mass is 16.5. The van der Waals surface area contributed by atoms with Crippen LogP contribution in [0.4, 0.5) is 5.69 Å². The molecule has 0 saturated carbocycles. The maximum atomic E-state index is 12.9. The van der Waals surface area contributed by atoms with Crippen LogP contribution in [0.1, 0.15) is 46.4 Å². The van der Waals surface area contributed by atoms with Crippen molar-refractivity contribution in [1.29, 1.82) is 0 Å². The van der Waals surface area contributed by atoms with Crippen molar-refractivity contribution in [1.82, 2.24) is 9.89 Å². The number of methoxy groups -OCH3 is 1. The van der Waals surface area contributed by atoms with Gasteiger partial charge in [-0.15, -0.1) is 0 Å². The number of carboxylic acids is 1. The number of carboxylic acid groups (broad SMARTS) is 1. The number of rotatable bonds is 10. The van der Waals surface area contributed by atoms with Crippen LogP contribution >= 0.6 is 0 Å². The lowest BCUT2D eigenvalue weighted by Crippen LogP contribution is -2.24. The Labute approximate surface area is 239 Å². The van der Waals surface area contributed by atoms with Crippen LogP contribution in [0.2, 0.25) is 0 Å². The summed E-state index contributed by atoms with van der Waals surface area (Å²) < 4.78 is 13.0. The Morgan fingerprint density at radius 2 is 1.71 bits per heavy atom. The van der Waals surface area contributed by atoms with Crippen LogP contribution in [-0.2, 0) is 9.53 Å². The zero-order chi connectivity index (χ0) is 29.7. The second-order valence-corrected chi connectivity index (χ2v) is 10.3. The van der Waals surface area contributed by atoms with Crippen molar-refractivity contribution in [3.8, 4) is 22.5 Å². The van der Waals surface area contributed by atoms with Crippen molar-refractivity contribution < 1.29 is 28.6 Å². The van der Waals surface area contributed by atoms with Gasteiger partial charge in [0.25, 0.3) is 5.91 Å². The van der Waals surface area contributed by atoms with Gasteiger partial charge in [-0.3, -0.25) is 9.59 Å². The van der Waals surface area contributed by atoms with Crippen molar-refractivity contribution in [3.05, 3.63) is 71.1 Å². The minimum absolute atomic E-state index is 0.0258. The molecule has 0 aromatic heterocycles. The third-order valence-corrected chi connectivity index (χ3v) is 7.07. The summed E-state index contributed by atoms with van der Waals surface area (Å²) in [7, 11) is 9.15. The highest BCUT2D eigenvalue weighted by Crippen LogP contribution is 2.42. The number of benzene rings is 3. The maximum absolute atomic E-state index is 12.9. The largest absolute Gasteiger partial charge is 0.478 e. The highest BCUT2D eigenvalue weighted by molar-refractivity contribution is 6.09. The molecule has 9 nitrogen and oxygen atoms in total. The van der Waals surface area contributed by atoms with Crippen LogP contribution < -0.4 is 20.1 Å². The third-order valence-electron chi connectivity index (χ3n) is 7.07. The summed E-state index contributed by atoms with van der Waals surface area (Å²) in [4.78, 5) is 38.6. The van der Waals surface area contributed by atoms with Gasteiger partial charge in [0, 0.05) is 67.0 Å². The molecule has 0 atom stereocenters. The molecular formula is C32H36N3O6+. The summed E-state index contributed by atoms with van der Waals surface area (Å²) in [5.74, 6) is -1.11. The van der Waals surface area contributed by atoms with E-state index in [0.29, 0.717) is 42.7 Å². The topological polar surface area (TPSA) is 112 Å². The van der Waals surface area contributed by atoms with Gasteiger partial charge in [-0.2, -0.15) is 0 Å². The van der Waals surface area contributed by atoms with Crippen LogP contribution in [0.3, 0.4) is 0 Å². The molecule has 41 heavy (non-hydrogen) atoms. The molecule has 214 valence electrons. The summed E-state index contributed by atoms with van der Waals surface area (Å²) in [6.45, 7) is 0.419. The summed E-state index contributed by atoms with van der Waals surface area (Å²) in [5, 5.41) is 14.8. The molecule has 1 heterocycles. The number of nitrogens with one attached hydrogen (secondary N) is 1. The van der Waals surface area contributed by atoms with Gasteiger partial charge in [0.2, 0.25) is 5.36 Å². The van der Waals surface area contributed by atoms with E-state index in [9.17, 15) is 19.5 Å². The lowest BCUT2D eigenvalue weighted by molar-refractivity contribution is -0.140. The lowest BCUT2D eigenvalue weighted by atomic mass is 9.89. The predicted molar refractivity (Wildman–Crippen MR) is 159 cm³/mol. The Kier molecular flexibility index (Phi) is 9.07. The first-order valence-corrected chi connectivity index (χ1v) is 13.5. The molecule has 0 unspecified atom stereocenters. The van der Waals surface area contributed by atoms with Crippen molar-refractivity contribution in [2.45, 2.75) is 25.7 Å². The maximum Gasteiger partial charge on any atom is 0.336 e. The van der Waals surface area contributed by atoms with Gasteiger partial charge in [0.15, 0.2) is 0 Å². The average Bonchev–Trinajstić information content (AvgIpc) is 2.96. The van der Waals surface area contributed by atoms with Crippen LogP contribution in [0, 0.1) is 0 Å². The Bertz CT molecular complexity index is 1650. The molecule has 1 amide bonds. The Morgan fingerprint density at radius 3 is 2.39 bits per heavy atom. The number of nitrogens with zero attached hydrogens (tertiary/aromatic N) is 2. The van der Waals surface area contributed by atoms with Gasteiger partial charge in [0.05, 0.1) is 18.7 Å². The minimum Gasteiger partial charge on any atom is -0.478 e. The van der Waals surface area contributed by atoms with Crippen LogP contribution in [-0.4, -0.2) is 64.8 Å². The number of carbonyl (C=O) groups is 3. The minimum atomic E-state index is -1.13. The highest BCUT2D eigenvalue weighted by Gasteiger charge is 2.23. The van der Waals surface area contributed by atoms with E-state index >= 15 is 0 Å². The van der Waals surface area contributed by atoms with Gasteiger partial charge in [-0.25, -0.2) is 9.37 Å². The van der Waals surface area contributed by atoms with Crippen molar-refractivity contribution in [3.63, 3.8) is 0 Å². The van der Waals surface area contributed by atoms with Gasteiger partial charge in [0.1, 0.15) is 25.4 Å². The molecule has 0 saturated heterocycles. The fourth-order valence-corrected chi connectivity index (χ4v) is 4.77. The molecule has 9 heteroatoms. The number of hydrogen-bond donors (Lipinski definition) is 2. The molecule has 0 fully saturated rings. The van der Waals surface area contributed by atoms with Crippen molar-refractivity contribution in [2.75, 3.05) is 46.7 Å². The number of hydrogen-bond acceptors (Lipinski definition) is 6. The summed E-state index contributed by atoms with van der Waals surface area (Å²) in [5.41, 5.74) is 3.86. The first-order chi connectivity index (χ1) is 19.6. The molecule has 2 aliphatic rings. The Balaban J connectivity index is 1.74. The molecule has 0 bridgehead atoms. The van der Waals surface area contributed by atoms with E-state index < -0.39 is 5.97 Å². The first-order valence-electron chi connectivity index (χ1n) is 13.5. The number of aromatic carboxylic acids is 1. The zero-order valence-corrected chi connectivity index (χ0v) is 24.1. The van der Waals surface area contributed by atoms with Crippen LogP contribution in [0.5, 0.6) is 0 Å². The first kappa shape index (κ1) is 29.3. The molecule has 1 aliphatic carbocycles. The fraction of sp³-hybridized carbons (Fsp3) is 0.312. The SMILES string of the molecule is COC(=O)CCCCCNC(=O)c1ccc(-c2c3ccc(=[N+](C)C)cc-3oc3cc(N(C)C)ccc23)c(C(=O)O)c1. The molecule has 1 aliphatic heterocycles. The monoisotopic (exact) mass is 558 g/mol. The standard InChI is InChI=1S/C32H35N3O6/c1-34(2)21-11-14-24-27(18-21)41-28-19-22(35(3)4)12-15-25(28)30(24)23-13-10-20(17-26(23)32(38)39)31(37)33-16-8-6-7-9-29(36)40-5/h10-15,17-19H,6-9,16H2,1-5H3,(H-,33,37,38,39)/p+1. The van der Waals surface area contributed by atoms with Crippen LogP contribution in [0.15, 0.2) is 59.0 Å². The van der Waals surface area contributed by atoms with E-state index in [0.717, 1.165) is 34.0 Å². The number of amides is 1. The molecule has 2 N–H and O–H groups in total. The Morgan fingerprint density at radius 1 is 0.951 bits per heavy atom. The van der Waals surface area contributed by atoms with E-state index in [4.69, 9.17) is 4.42 Å². The van der Waals surface area contributed by atoms with Gasteiger partial charge >= 0.3 is 11.9 Å². The van der Waals surface area contributed by atoms with Gasteiger partial charge in [-0.05, 0) is 48.7 Å². The lowest BCUT2D eigenvalue weighted by Gasteiger charge is -2.19. The van der Waals surface area contributed by atoms with E-state index in [1.807, 2.05) is 74.1 Å².